The number of nitrogens with one attached hydrogen (secondary N) is 2. The average molecular weight is 351 g/mol. The Kier molecular flexibility index (Phi) is 5.35. The molecule has 26 heavy (non-hydrogen) atoms. The summed E-state index contributed by atoms with van der Waals surface area (Å²) in [5.41, 5.74) is 6.98. The van der Waals surface area contributed by atoms with Crippen molar-refractivity contribution in [3.8, 4) is 0 Å². The Bertz CT molecular complexity index is 786. The molecule has 1 saturated carbocycles. The van der Waals surface area contributed by atoms with Crippen LogP contribution in [0.3, 0.4) is 0 Å². The quantitative estimate of drug-likeness (QED) is 0.620. The van der Waals surface area contributed by atoms with Crippen molar-refractivity contribution in [1.82, 2.24) is 5.43 Å². The zero-order valence-electron chi connectivity index (χ0n) is 15.3. The first kappa shape index (κ1) is 18.1. The van der Waals surface area contributed by atoms with Gasteiger partial charge < -0.3 is 5.32 Å². The lowest BCUT2D eigenvalue weighted by atomic mass is 9.85. The summed E-state index contributed by atoms with van der Waals surface area (Å²) in [7, 11) is 0. The third-order valence-corrected chi connectivity index (χ3v) is 4.96. The normalized spacial score (nSPS) is 21.1. The lowest BCUT2D eigenvalue weighted by Gasteiger charge is -2.22. The Morgan fingerprint density at radius 2 is 1.85 bits per heavy atom. The van der Waals surface area contributed by atoms with Gasteiger partial charge in [-0.15, -0.1) is 0 Å². The van der Waals surface area contributed by atoms with Gasteiger partial charge in [0.25, 0.3) is 5.91 Å². The number of allylic oxidation sites excluding steroid dienone is 3. The monoisotopic (exact) mass is 351 g/mol. The van der Waals surface area contributed by atoms with Crippen LogP contribution in [0.1, 0.15) is 49.9 Å². The van der Waals surface area contributed by atoms with E-state index in [9.17, 15) is 9.59 Å². The van der Waals surface area contributed by atoms with Crippen LogP contribution >= 0.6 is 0 Å². The second kappa shape index (κ2) is 7.68. The fourth-order valence-corrected chi connectivity index (χ4v) is 2.90. The molecule has 5 nitrogen and oxygen atoms in total. The highest BCUT2D eigenvalue weighted by Crippen LogP contribution is 2.30. The molecule has 1 atom stereocenters. The predicted octanol–water partition coefficient (Wildman–Crippen LogP) is 4.05. The summed E-state index contributed by atoms with van der Waals surface area (Å²) in [6.07, 6.45) is 5.84. The van der Waals surface area contributed by atoms with Crippen LogP contribution in [0, 0.1) is 11.8 Å². The number of carbonyl (C=O) groups excluding carboxylic acids is 2. The van der Waals surface area contributed by atoms with E-state index in [0.717, 1.165) is 42.5 Å². The number of benzene rings is 1. The van der Waals surface area contributed by atoms with Gasteiger partial charge in [0.05, 0.1) is 5.71 Å². The van der Waals surface area contributed by atoms with Gasteiger partial charge in [-0.25, -0.2) is 5.43 Å². The maximum atomic E-state index is 12.3. The van der Waals surface area contributed by atoms with Crippen LogP contribution in [-0.2, 0) is 4.79 Å². The minimum Gasteiger partial charge on any atom is -0.326 e. The Morgan fingerprint density at radius 1 is 1.15 bits per heavy atom. The minimum atomic E-state index is -0.261. The lowest BCUT2D eigenvalue weighted by molar-refractivity contribution is -0.117. The molecule has 1 aromatic carbocycles. The van der Waals surface area contributed by atoms with E-state index in [4.69, 9.17) is 0 Å². The van der Waals surface area contributed by atoms with Crippen molar-refractivity contribution in [3.63, 3.8) is 0 Å². The Hall–Kier alpha value is -2.69. The van der Waals surface area contributed by atoms with Gasteiger partial charge in [-0.3, -0.25) is 9.59 Å². The molecule has 2 aliphatic carbocycles. The van der Waals surface area contributed by atoms with E-state index in [1.807, 2.05) is 13.8 Å². The van der Waals surface area contributed by atoms with Gasteiger partial charge in [-0.2, -0.15) is 5.10 Å². The van der Waals surface area contributed by atoms with Crippen molar-refractivity contribution < 1.29 is 9.59 Å². The van der Waals surface area contributed by atoms with Crippen molar-refractivity contribution in [2.75, 3.05) is 5.32 Å². The first-order valence-corrected chi connectivity index (χ1v) is 9.04. The maximum Gasteiger partial charge on any atom is 0.271 e. The highest BCUT2D eigenvalue weighted by molar-refractivity contribution is 6.02. The van der Waals surface area contributed by atoms with Crippen molar-refractivity contribution in [2.45, 2.75) is 39.5 Å². The zero-order chi connectivity index (χ0) is 18.7. The molecule has 1 aromatic rings. The summed E-state index contributed by atoms with van der Waals surface area (Å²) >= 11 is 0. The summed E-state index contributed by atoms with van der Waals surface area (Å²) in [5.74, 6) is 0.329. The number of anilines is 1. The standard InChI is InChI=1S/C21H25N3O2/c1-13(2)17-5-4-14(3)19(12-17)23-24-21(26)16-8-10-18(11-9-16)22-20(25)15-6-7-15/h4,8-11,15,17H,1,5-7,12H2,2-3H3,(H,22,25)(H,24,26). The number of hydrazone groups is 1. The van der Waals surface area contributed by atoms with Crippen molar-refractivity contribution in [1.29, 1.82) is 0 Å². The smallest absolute Gasteiger partial charge is 0.271 e. The zero-order valence-corrected chi connectivity index (χ0v) is 15.3. The molecule has 0 aliphatic heterocycles. The first-order chi connectivity index (χ1) is 12.4. The van der Waals surface area contributed by atoms with Gasteiger partial charge in [0.2, 0.25) is 5.91 Å². The van der Waals surface area contributed by atoms with Gasteiger partial charge >= 0.3 is 0 Å². The summed E-state index contributed by atoms with van der Waals surface area (Å²) in [5, 5.41) is 7.17. The number of hydrogen-bond donors (Lipinski definition) is 2. The van der Waals surface area contributed by atoms with Gasteiger partial charge in [-0.05, 0) is 75.3 Å². The molecule has 0 aromatic heterocycles. The molecule has 0 saturated heterocycles. The highest BCUT2D eigenvalue weighted by atomic mass is 16.2. The molecule has 0 heterocycles. The van der Waals surface area contributed by atoms with Crippen LogP contribution in [0.2, 0.25) is 0 Å². The molecule has 3 rings (SSSR count). The summed E-state index contributed by atoms with van der Waals surface area (Å²) < 4.78 is 0. The molecular formula is C21H25N3O2. The molecule has 1 fully saturated rings. The van der Waals surface area contributed by atoms with E-state index in [0.29, 0.717) is 17.2 Å². The fraction of sp³-hybridized carbons (Fsp3) is 0.381. The number of nitrogens with zero attached hydrogens (tertiary/aromatic N) is 1. The second-order valence-corrected chi connectivity index (χ2v) is 7.21. The lowest BCUT2D eigenvalue weighted by Crippen LogP contribution is -2.23. The molecule has 2 amide bonds. The Balaban J connectivity index is 1.60. The Labute approximate surface area is 154 Å². The Morgan fingerprint density at radius 3 is 2.46 bits per heavy atom. The minimum absolute atomic E-state index is 0.0558. The van der Waals surface area contributed by atoms with Crippen LogP contribution in [0.4, 0.5) is 5.69 Å². The highest BCUT2D eigenvalue weighted by Gasteiger charge is 2.29. The predicted molar refractivity (Wildman–Crippen MR) is 104 cm³/mol. The van der Waals surface area contributed by atoms with Gasteiger partial charge in [-0.1, -0.05) is 18.2 Å². The first-order valence-electron chi connectivity index (χ1n) is 9.04. The van der Waals surface area contributed by atoms with E-state index < -0.39 is 0 Å². The summed E-state index contributed by atoms with van der Waals surface area (Å²) in [6, 6.07) is 6.87. The van der Waals surface area contributed by atoms with E-state index in [-0.39, 0.29) is 17.7 Å². The SMILES string of the molecule is C=C(C)C1CC=C(C)C(=NNC(=O)c2ccc(NC(=O)C3CC3)cc2)C1. The largest absolute Gasteiger partial charge is 0.326 e. The average Bonchev–Trinajstić information content (AvgIpc) is 3.46. The van der Waals surface area contributed by atoms with E-state index in [1.165, 1.54) is 0 Å². The van der Waals surface area contributed by atoms with Gasteiger partial charge in [0.1, 0.15) is 0 Å². The van der Waals surface area contributed by atoms with Gasteiger partial charge in [0.15, 0.2) is 0 Å². The molecule has 0 spiro atoms. The van der Waals surface area contributed by atoms with Gasteiger partial charge in [0, 0.05) is 17.2 Å². The van der Waals surface area contributed by atoms with E-state index >= 15 is 0 Å². The molecule has 2 N–H and O–H groups in total. The van der Waals surface area contributed by atoms with Crippen LogP contribution < -0.4 is 10.7 Å². The number of amides is 2. The fourth-order valence-electron chi connectivity index (χ4n) is 2.90. The van der Waals surface area contributed by atoms with Crippen LogP contribution in [0.5, 0.6) is 0 Å². The topological polar surface area (TPSA) is 70.6 Å². The van der Waals surface area contributed by atoms with E-state index in [2.05, 4.69) is 28.5 Å². The number of hydrogen-bond acceptors (Lipinski definition) is 3. The van der Waals surface area contributed by atoms with Crippen LogP contribution in [0.25, 0.3) is 0 Å². The van der Waals surface area contributed by atoms with E-state index in [1.54, 1.807) is 24.3 Å². The molecule has 0 bridgehead atoms. The molecule has 5 heteroatoms. The molecule has 136 valence electrons. The second-order valence-electron chi connectivity index (χ2n) is 7.21. The van der Waals surface area contributed by atoms with Crippen LogP contribution in [0.15, 0.2) is 53.2 Å². The molecule has 1 unspecified atom stereocenters. The molecule has 0 radical (unpaired) electrons. The van der Waals surface area contributed by atoms with Crippen molar-refractivity contribution >= 4 is 23.2 Å². The maximum absolute atomic E-state index is 12.3. The molecule has 2 aliphatic rings. The third-order valence-electron chi connectivity index (χ3n) is 4.96. The summed E-state index contributed by atoms with van der Waals surface area (Å²) in [4.78, 5) is 24.1. The summed E-state index contributed by atoms with van der Waals surface area (Å²) in [6.45, 7) is 8.06. The number of carbonyl (C=O) groups is 2. The molecular weight excluding hydrogens is 326 g/mol. The van der Waals surface area contributed by atoms with Crippen molar-refractivity contribution in [2.24, 2.45) is 16.9 Å². The third kappa shape index (κ3) is 4.48. The van der Waals surface area contributed by atoms with Crippen molar-refractivity contribution in [3.05, 3.63) is 53.6 Å². The van der Waals surface area contributed by atoms with Crippen LogP contribution in [-0.4, -0.2) is 17.5 Å². The number of rotatable bonds is 5.